The molecule has 2 aromatic rings. The number of imide groups is 1. The van der Waals surface area contributed by atoms with Crippen LogP contribution in [-0.4, -0.2) is 27.5 Å². The number of amides is 2. The summed E-state index contributed by atoms with van der Waals surface area (Å²) < 4.78 is 0. The van der Waals surface area contributed by atoms with Crippen molar-refractivity contribution in [3.63, 3.8) is 0 Å². The second-order valence-electron chi connectivity index (χ2n) is 5.38. The molecule has 1 aliphatic rings. The highest BCUT2D eigenvalue weighted by Gasteiger charge is 2.32. The SMILES string of the molecule is CC1=NN(C(=O)c2ccccc2)C(=O)/C1=C/c1cccc([N+](=O)[O-])c1. The Kier molecular flexibility index (Phi) is 4.21. The second kappa shape index (κ2) is 6.48. The zero-order valence-corrected chi connectivity index (χ0v) is 13.2. The van der Waals surface area contributed by atoms with Crippen molar-refractivity contribution < 1.29 is 14.5 Å². The first-order chi connectivity index (χ1) is 12.0. The van der Waals surface area contributed by atoms with Crippen molar-refractivity contribution in [2.75, 3.05) is 0 Å². The molecule has 0 bridgehead atoms. The molecule has 0 aromatic heterocycles. The van der Waals surface area contributed by atoms with E-state index in [0.717, 1.165) is 5.01 Å². The van der Waals surface area contributed by atoms with Crippen LogP contribution in [0.25, 0.3) is 6.08 Å². The van der Waals surface area contributed by atoms with Crippen LogP contribution in [0, 0.1) is 10.1 Å². The van der Waals surface area contributed by atoms with Crippen molar-refractivity contribution in [1.29, 1.82) is 0 Å². The first kappa shape index (κ1) is 16.3. The number of non-ortho nitro benzene ring substituents is 1. The van der Waals surface area contributed by atoms with E-state index < -0.39 is 16.7 Å². The van der Waals surface area contributed by atoms with Crippen LogP contribution in [0.5, 0.6) is 0 Å². The molecule has 0 unspecified atom stereocenters. The Labute approximate surface area is 143 Å². The molecule has 7 heteroatoms. The number of rotatable bonds is 3. The minimum atomic E-state index is -0.558. The number of nitro benzene ring substituents is 1. The summed E-state index contributed by atoms with van der Waals surface area (Å²) in [5.74, 6) is -1.08. The smallest absolute Gasteiger partial charge is 0.267 e. The molecule has 3 rings (SSSR count). The van der Waals surface area contributed by atoms with E-state index in [2.05, 4.69) is 5.10 Å². The number of benzene rings is 2. The first-order valence-electron chi connectivity index (χ1n) is 7.43. The molecule has 25 heavy (non-hydrogen) atoms. The van der Waals surface area contributed by atoms with Crippen LogP contribution in [0.15, 0.2) is 65.3 Å². The van der Waals surface area contributed by atoms with Gasteiger partial charge in [0.15, 0.2) is 0 Å². The Morgan fingerprint density at radius 1 is 1.16 bits per heavy atom. The monoisotopic (exact) mass is 335 g/mol. The fraction of sp³-hybridized carbons (Fsp3) is 0.0556. The van der Waals surface area contributed by atoms with Gasteiger partial charge in [0.05, 0.1) is 16.2 Å². The van der Waals surface area contributed by atoms with Gasteiger partial charge in [0.2, 0.25) is 0 Å². The Morgan fingerprint density at radius 3 is 2.56 bits per heavy atom. The Bertz CT molecular complexity index is 932. The summed E-state index contributed by atoms with van der Waals surface area (Å²) in [6, 6.07) is 14.3. The summed E-state index contributed by atoms with van der Waals surface area (Å²) in [4.78, 5) is 35.3. The Balaban J connectivity index is 1.91. The van der Waals surface area contributed by atoms with Gasteiger partial charge in [-0.2, -0.15) is 10.1 Å². The summed E-state index contributed by atoms with van der Waals surface area (Å²) in [6.07, 6.45) is 1.49. The maximum absolute atomic E-state index is 12.5. The van der Waals surface area contributed by atoms with Gasteiger partial charge in [-0.25, -0.2) is 0 Å². The summed E-state index contributed by atoms with van der Waals surface area (Å²) in [5.41, 5.74) is 1.36. The van der Waals surface area contributed by atoms with Gasteiger partial charge in [0.25, 0.3) is 17.5 Å². The van der Waals surface area contributed by atoms with E-state index in [4.69, 9.17) is 0 Å². The van der Waals surface area contributed by atoms with E-state index >= 15 is 0 Å². The minimum Gasteiger partial charge on any atom is -0.267 e. The summed E-state index contributed by atoms with van der Waals surface area (Å²) >= 11 is 0. The van der Waals surface area contributed by atoms with E-state index in [1.165, 1.54) is 24.3 Å². The van der Waals surface area contributed by atoms with Crippen molar-refractivity contribution in [3.05, 3.63) is 81.4 Å². The molecule has 124 valence electrons. The molecule has 7 nitrogen and oxygen atoms in total. The van der Waals surface area contributed by atoms with E-state index in [9.17, 15) is 19.7 Å². The van der Waals surface area contributed by atoms with Crippen LogP contribution >= 0.6 is 0 Å². The molecular formula is C18H13N3O4. The van der Waals surface area contributed by atoms with Gasteiger partial charge in [0.1, 0.15) is 0 Å². The molecule has 0 spiro atoms. The Morgan fingerprint density at radius 2 is 1.88 bits per heavy atom. The fourth-order valence-electron chi connectivity index (χ4n) is 2.42. The average molecular weight is 335 g/mol. The molecular weight excluding hydrogens is 322 g/mol. The number of hydrazone groups is 1. The lowest BCUT2D eigenvalue weighted by atomic mass is 10.1. The highest BCUT2D eigenvalue weighted by molar-refractivity contribution is 6.30. The zero-order chi connectivity index (χ0) is 18.0. The molecule has 0 fully saturated rings. The van der Waals surface area contributed by atoms with Gasteiger partial charge in [-0.1, -0.05) is 30.3 Å². The van der Waals surface area contributed by atoms with Crippen LogP contribution in [-0.2, 0) is 4.79 Å². The molecule has 0 aliphatic carbocycles. The molecule has 0 atom stereocenters. The van der Waals surface area contributed by atoms with Gasteiger partial charge in [-0.15, -0.1) is 0 Å². The lowest BCUT2D eigenvalue weighted by Gasteiger charge is -2.09. The molecule has 0 N–H and O–H groups in total. The van der Waals surface area contributed by atoms with Crippen molar-refractivity contribution in [3.8, 4) is 0 Å². The number of hydrogen-bond acceptors (Lipinski definition) is 5. The number of carbonyl (C=O) groups excluding carboxylic acids is 2. The molecule has 2 amide bonds. The number of nitro groups is 1. The predicted octanol–water partition coefficient (Wildman–Crippen LogP) is 3.04. The third-order valence-electron chi connectivity index (χ3n) is 3.67. The summed E-state index contributed by atoms with van der Waals surface area (Å²) in [7, 11) is 0. The first-order valence-corrected chi connectivity index (χ1v) is 7.43. The van der Waals surface area contributed by atoms with E-state index in [1.54, 1.807) is 43.3 Å². The second-order valence-corrected chi connectivity index (χ2v) is 5.38. The third-order valence-corrected chi connectivity index (χ3v) is 3.67. The molecule has 1 aliphatic heterocycles. The number of carbonyl (C=O) groups is 2. The quantitative estimate of drug-likeness (QED) is 0.373. The molecule has 0 saturated heterocycles. The van der Waals surface area contributed by atoms with Gasteiger partial charge in [-0.3, -0.25) is 19.7 Å². The van der Waals surface area contributed by atoms with Gasteiger partial charge >= 0.3 is 0 Å². The minimum absolute atomic E-state index is 0.0772. The molecule has 0 saturated carbocycles. The standard InChI is InChI=1S/C18H13N3O4/c1-12-16(11-13-6-5-9-15(10-13)21(24)25)18(23)20(19-12)17(22)14-7-3-2-4-8-14/h2-11H,1H3/b16-11+. The van der Waals surface area contributed by atoms with Crippen LogP contribution in [0.3, 0.4) is 0 Å². The van der Waals surface area contributed by atoms with E-state index in [1.807, 2.05) is 0 Å². The lowest BCUT2D eigenvalue weighted by molar-refractivity contribution is -0.384. The zero-order valence-electron chi connectivity index (χ0n) is 13.2. The molecule has 1 heterocycles. The summed E-state index contributed by atoms with van der Waals surface area (Å²) in [5, 5.41) is 15.7. The number of nitrogens with zero attached hydrogens (tertiary/aromatic N) is 3. The van der Waals surface area contributed by atoms with Crippen LogP contribution in [0.4, 0.5) is 5.69 Å². The molecule has 2 aromatic carbocycles. The van der Waals surface area contributed by atoms with Crippen LogP contribution in [0.2, 0.25) is 0 Å². The summed E-state index contributed by atoms with van der Waals surface area (Å²) in [6.45, 7) is 1.61. The third kappa shape index (κ3) is 3.20. The predicted molar refractivity (Wildman–Crippen MR) is 91.8 cm³/mol. The number of hydrogen-bond donors (Lipinski definition) is 0. The van der Waals surface area contributed by atoms with Gasteiger partial charge in [0, 0.05) is 17.7 Å². The molecule has 0 radical (unpaired) electrons. The normalized spacial score (nSPS) is 15.4. The van der Waals surface area contributed by atoms with Crippen molar-refractivity contribution in [2.24, 2.45) is 5.10 Å². The Hall–Kier alpha value is -3.61. The lowest BCUT2D eigenvalue weighted by Crippen LogP contribution is -2.29. The largest absolute Gasteiger partial charge is 0.283 e. The highest BCUT2D eigenvalue weighted by Crippen LogP contribution is 2.22. The average Bonchev–Trinajstić information content (AvgIpc) is 2.90. The van der Waals surface area contributed by atoms with Gasteiger partial charge < -0.3 is 0 Å². The van der Waals surface area contributed by atoms with Crippen LogP contribution in [0.1, 0.15) is 22.8 Å². The fourth-order valence-corrected chi connectivity index (χ4v) is 2.42. The van der Waals surface area contributed by atoms with E-state index in [-0.39, 0.29) is 11.3 Å². The topological polar surface area (TPSA) is 92.9 Å². The van der Waals surface area contributed by atoms with Gasteiger partial charge in [-0.05, 0) is 30.7 Å². The maximum atomic E-state index is 12.5. The van der Waals surface area contributed by atoms with Crippen molar-refractivity contribution >= 4 is 29.3 Å². The maximum Gasteiger partial charge on any atom is 0.283 e. The van der Waals surface area contributed by atoms with E-state index in [0.29, 0.717) is 16.8 Å². The van der Waals surface area contributed by atoms with Crippen molar-refractivity contribution in [1.82, 2.24) is 5.01 Å². The highest BCUT2D eigenvalue weighted by atomic mass is 16.6. The van der Waals surface area contributed by atoms with Crippen LogP contribution < -0.4 is 0 Å². The van der Waals surface area contributed by atoms with Crippen molar-refractivity contribution in [2.45, 2.75) is 6.92 Å².